The molecule has 2 aromatic rings. The Bertz CT molecular complexity index is 802. The summed E-state index contributed by atoms with van der Waals surface area (Å²) in [6, 6.07) is 8.52. The van der Waals surface area contributed by atoms with Crippen molar-refractivity contribution in [1.29, 1.82) is 0 Å². The third-order valence-corrected chi connectivity index (χ3v) is 3.83. The van der Waals surface area contributed by atoms with Crippen LogP contribution in [0, 0.1) is 17.0 Å². The first kappa shape index (κ1) is 19.0. The fraction of sp³-hybridized carbons (Fsp3) is 0.263. The summed E-state index contributed by atoms with van der Waals surface area (Å²) >= 11 is 3.25. The molecule has 0 aliphatic rings. The molecular weight excluding hydrogens is 386 g/mol. The van der Waals surface area contributed by atoms with E-state index < -0.39 is 4.92 Å². The van der Waals surface area contributed by atoms with E-state index in [9.17, 15) is 10.1 Å². The predicted molar refractivity (Wildman–Crippen MR) is 102 cm³/mol. The number of benzene rings is 2. The smallest absolute Gasteiger partial charge is 0.312 e. The number of nitro benzene ring substituents is 1. The Morgan fingerprint density at radius 2 is 2.00 bits per heavy atom. The second kappa shape index (κ2) is 8.16. The average Bonchev–Trinajstić information content (AvgIpc) is 2.51. The van der Waals surface area contributed by atoms with Crippen LogP contribution >= 0.6 is 15.9 Å². The standard InChI is InChI=1S/C19H20BrNO4/c1-5-6-14-9-13(4)10-18(24-12(2)3)19(14)25-17-8-7-15(20)11-16(17)21(22)23/h5,7-12H,1,6H2,2-4H3. The first-order chi connectivity index (χ1) is 11.8. The SMILES string of the molecule is C=CCc1cc(C)cc(OC(C)C)c1Oc1ccc(Br)cc1[N+](=O)[O-]. The minimum absolute atomic E-state index is 0.0550. The number of rotatable bonds is 7. The van der Waals surface area contributed by atoms with Gasteiger partial charge >= 0.3 is 5.69 Å². The highest BCUT2D eigenvalue weighted by Gasteiger charge is 2.21. The van der Waals surface area contributed by atoms with E-state index in [1.54, 1.807) is 18.2 Å². The zero-order valence-electron chi connectivity index (χ0n) is 14.4. The van der Waals surface area contributed by atoms with Crippen molar-refractivity contribution in [3.8, 4) is 17.2 Å². The quantitative estimate of drug-likeness (QED) is 0.323. The molecule has 0 amide bonds. The summed E-state index contributed by atoms with van der Waals surface area (Å²) < 4.78 is 12.4. The van der Waals surface area contributed by atoms with Gasteiger partial charge in [-0.05, 0) is 51.0 Å². The van der Waals surface area contributed by atoms with Gasteiger partial charge in [-0.25, -0.2) is 0 Å². The van der Waals surface area contributed by atoms with E-state index >= 15 is 0 Å². The lowest BCUT2D eigenvalue weighted by Gasteiger charge is -2.18. The van der Waals surface area contributed by atoms with E-state index in [2.05, 4.69) is 22.5 Å². The lowest BCUT2D eigenvalue weighted by molar-refractivity contribution is -0.385. The Balaban J connectivity index is 2.57. The van der Waals surface area contributed by atoms with E-state index in [1.165, 1.54) is 6.07 Å². The molecule has 0 radical (unpaired) electrons. The van der Waals surface area contributed by atoms with Crippen LogP contribution in [0.15, 0.2) is 47.5 Å². The summed E-state index contributed by atoms with van der Waals surface area (Å²) in [6.45, 7) is 9.57. The van der Waals surface area contributed by atoms with Crippen molar-refractivity contribution in [2.45, 2.75) is 33.3 Å². The van der Waals surface area contributed by atoms with Crippen LogP contribution in [0.3, 0.4) is 0 Å². The minimum Gasteiger partial charge on any atom is -0.487 e. The van der Waals surface area contributed by atoms with Crippen LogP contribution in [-0.4, -0.2) is 11.0 Å². The number of allylic oxidation sites excluding steroid dienone is 1. The van der Waals surface area contributed by atoms with Crippen LogP contribution in [0.1, 0.15) is 25.0 Å². The lowest BCUT2D eigenvalue weighted by atomic mass is 10.1. The van der Waals surface area contributed by atoms with Crippen molar-refractivity contribution in [3.63, 3.8) is 0 Å². The normalized spacial score (nSPS) is 10.6. The maximum Gasteiger partial charge on any atom is 0.312 e. The van der Waals surface area contributed by atoms with E-state index in [4.69, 9.17) is 9.47 Å². The summed E-state index contributed by atoms with van der Waals surface area (Å²) in [5.74, 6) is 1.20. The fourth-order valence-corrected chi connectivity index (χ4v) is 2.76. The summed E-state index contributed by atoms with van der Waals surface area (Å²) in [5.41, 5.74) is 1.77. The van der Waals surface area contributed by atoms with Gasteiger partial charge < -0.3 is 9.47 Å². The molecule has 2 rings (SSSR count). The molecule has 0 spiro atoms. The van der Waals surface area contributed by atoms with Gasteiger partial charge in [-0.3, -0.25) is 10.1 Å². The van der Waals surface area contributed by atoms with Crippen molar-refractivity contribution in [2.75, 3.05) is 0 Å². The van der Waals surface area contributed by atoms with Gasteiger partial charge in [0.15, 0.2) is 11.5 Å². The maximum atomic E-state index is 11.3. The van der Waals surface area contributed by atoms with Gasteiger partial charge in [0.1, 0.15) is 0 Å². The second-order valence-electron chi connectivity index (χ2n) is 5.88. The van der Waals surface area contributed by atoms with E-state index in [1.807, 2.05) is 32.9 Å². The molecule has 0 N–H and O–H groups in total. The first-order valence-electron chi connectivity index (χ1n) is 7.84. The second-order valence-corrected chi connectivity index (χ2v) is 6.80. The van der Waals surface area contributed by atoms with Crippen LogP contribution < -0.4 is 9.47 Å². The van der Waals surface area contributed by atoms with Gasteiger partial charge in [-0.15, -0.1) is 6.58 Å². The summed E-state index contributed by atoms with van der Waals surface area (Å²) in [7, 11) is 0. The fourth-order valence-electron chi connectivity index (χ4n) is 2.41. The zero-order valence-corrected chi connectivity index (χ0v) is 16.0. The number of hydrogen-bond acceptors (Lipinski definition) is 4. The van der Waals surface area contributed by atoms with Gasteiger partial charge in [0.05, 0.1) is 11.0 Å². The van der Waals surface area contributed by atoms with E-state index in [0.717, 1.165) is 11.1 Å². The first-order valence-corrected chi connectivity index (χ1v) is 8.64. The molecule has 0 unspecified atom stereocenters. The van der Waals surface area contributed by atoms with Gasteiger partial charge in [0, 0.05) is 16.1 Å². The Labute approximate surface area is 155 Å². The van der Waals surface area contributed by atoms with Crippen molar-refractivity contribution in [3.05, 3.63) is 68.7 Å². The van der Waals surface area contributed by atoms with Gasteiger partial charge in [-0.1, -0.05) is 28.1 Å². The number of halogens is 1. The highest BCUT2D eigenvalue weighted by atomic mass is 79.9. The number of ether oxygens (including phenoxy) is 2. The zero-order chi connectivity index (χ0) is 18.6. The molecule has 5 nitrogen and oxygen atoms in total. The molecule has 0 heterocycles. The third kappa shape index (κ3) is 4.82. The minimum atomic E-state index is -0.468. The molecule has 25 heavy (non-hydrogen) atoms. The summed E-state index contributed by atoms with van der Waals surface area (Å²) in [6.07, 6.45) is 2.27. The lowest BCUT2D eigenvalue weighted by Crippen LogP contribution is -2.08. The van der Waals surface area contributed by atoms with Crippen molar-refractivity contribution in [2.24, 2.45) is 0 Å². The van der Waals surface area contributed by atoms with Gasteiger partial charge in [-0.2, -0.15) is 0 Å². The van der Waals surface area contributed by atoms with Gasteiger partial charge in [0.25, 0.3) is 0 Å². The Hall–Kier alpha value is -2.34. The number of nitro groups is 1. The van der Waals surface area contributed by atoms with Gasteiger partial charge in [0.2, 0.25) is 5.75 Å². The monoisotopic (exact) mass is 405 g/mol. The Morgan fingerprint density at radius 1 is 1.28 bits per heavy atom. The van der Waals surface area contributed by atoms with Crippen molar-refractivity contribution >= 4 is 21.6 Å². The van der Waals surface area contributed by atoms with Crippen LogP contribution in [-0.2, 0) is 6.42 Å². The third-order valence-electron chi connectivity index (χ3n) is 3.33. The number of nitrogens with zero attached hydrogens (tertiary/aromatic N) is 1. The topological polar surface area (TPSA) is 61.6 Å². The van der Waals surface area contributed by atoms with Crippen molar-refractivity contribution < 1.29 is 14.4 Å². The molecule has 132 valence electrons. The summed E-state index contributed by atoms with van der Waals surface area (Å²) in [4.78, 5) is 10.9. The average molecular weight is 406 g/mol. The maximum absolute atomic E-state index is 11.3. The highest BCUT2D eigenvalue weighted by molar-refractivity contribution is 9.10. The molecule has 0 saturated heterocycles. The molecule has 0 bridgehead atoms. The van der Waals surface area contributed by atoms with Crippen LogP contribution in [0.4, 0.5) is 5.69 Å². The molecule has 0 fully saturated rings. The van der Waals surface area contributed by atoms with Crippen molar-refractivity contribution in [1.82, 2.24) is 0 Å². The highest BCUT2D eigenvalue weighted by Crippen LogP contribution is 2.41. The molecular formula is C19H20BrNO4. The molecule has 2 aromatic carbocycles. The summed E-state index contributed by atoms with van der Waals surface area (Å²) in [5, 5.41) is 11.3. The molecule has 6 heteroatoms. The molecule has 0 aromatic heterocycles. The Kier molecular flexibility index (Phi) is 6.20. The largest absolute Gasteiger partial charge is 0.487 e. The van der Waals surface area contributed by atoms with Crippen LogP contribution in [0.2, 0.25) is 0 Å². The molecule has 0 atom stereocenters. The molecule has 0 saturated carbocycles. The predicted octanol–water partition coefficient (Wildman–Crippen LogP) is 5.97. The number of hydrogen-bond donors (Lipinski definition) is 0. The molecule has 0 aliphatic heterocycles. The van der Waals surface area contributed by atoms with Crippen LogP contribution in [0.5, 0.6) is 17.2 Å². The molecule has 0 aliphatic carbocycles. The van der Waals surface area contributed by atoms with Crippen LogP contribution in [0.25, 0.3) is 0 Å². The van der Waals surface area contributed by atoms with E-state index in [0.29, 0.717) is 22.4 Å². The van der Waals surface area contributed by atoms with E-state index in [-0.39, 0.29) is 17.5 Å². The number of aryl methyl sites for hydroxylation is 1. The Morgan fingerprint density at radius 3 is 2.60 bits per heavy atom.